The van der Waals surface area contributed by atoms with Gasteiger partial charge in [-0.1, -0.05) is 30.7 Å². The highest BCUT2D eigenvalue weighted by atomic mass is 35.5. The van der Waals surface area contributed by atoms with E-state index in [2.05, 4.69) is 5.32 Å². The third-order valence-electron chi connectivity index (χ3n) is 5.42. The van der Waals surface area contributed by atoms with Gasteiger partial charge in [0.2, 0.25) is 5.91 Å². The molecule has 160 valence electrons. The Bertz CT molecular complexity index is 901. The van der Waals surface area contributed by atoms with Crippen molar-refractivity contribution in [2.24, 2.45) is 5.92 Å². The van der Waals surface area contributed by atoms with Crippen LogP contribution in [0.15, 0.2) is 42.5 Å². The van der Waals surface area contributed by atoms with Crippen molar-refractivity contribution in [1.29, 1.82) is 0 Å². The van der Waals surface area contributed by atoms with Gasteiger partial charge in [-0.2, -0.15) is 0 Å². The van der Waals surface area contributed by atoms with Crippen LogP contribution in [0.5, 0.6) is 11.5 Å². The van der Waals surface area contributed by atoms with Crippen LogP contribution in [0.25, 0.3) is 0 Å². The standard InChI is InChI=1S/C23H27ClN2O4/c1-4-12-25-22(27)19-14-26(23(28)15-8-10-16(24)11-9-15)13-18(19)17-6-5-7-20(29-2)21(17)30-3/h5-11,18-19H,4,12-14H2,1-3H3,(H,25,27)/t18-,19+/m0/s1. The number of para-hydroxylation sites is 1. The summed E-state index contributed by atoms with van der Waals surface area (Å²) in [6.07, 6.45) is 0.846. The molecular formula is C23H27ClN2O4. The first-order valence-corrected chi connectivity index (χ1v) is 10.4. The molecule has 2 atom stereocenters. The SMILES string of the molecule is CCCNC(=O)[C@@H]1CN(C(=O)c2ccc(Cl)cc2)C[C@H]1c1cccc(OC)c1OC. The zero-order chi connectivity index (χ0) is 21.7. The molecule has 30 heavy (non-hydrogen) atoms. The summed E-state index contributed by atoms with van der Waals surface area (Å²) in [7, 11) is 3.16. The third-order valence-corrected chi connectivity index (χ3v) is 5.67. The van der Waals surface area contributed by atoms with Gasteiger partial charge in [0.05, 0.1) is 20.1 Å². The summed E-state index contributed by atoms with van der Waals surface area (Å²) in [5, 5.41) is 3.55. The van der Waals surface area contributed by atoms with Crippen LogP contribution < -0.4 is 14.8 Å². The number of carbonyl (C=O) groups is 2. The Balaban J connectivity index is 1.94. The molecule has 0 spiro atoms. The molecule has 6 nitrogen and oxygen atoms in total. The Morgan fingerprint density at radius 3 is 2.47 bits per heavy atom. The van der Waals surface area contributed by atoms with Crippen LogP contribution in [0.4, 0.5) is 0 Å². The maximum atomic E-state index is 13.1. The lowest BCUT2D eigenvalue weighted by Crippen LogP contribution is -2.36. The predicted octanol–water partition coefficient (Wildman–Crippen LogP) is 3.74. The van der Waals surface area contributed by atoms with Crippen molar-refractivity contribution < 1.29 is 19.1 Å². The molecule has 0 bridgehead atoms. The first-order valence-electron chi connectivity index (χ1n) is 10.0. The Labute approximate surface area is 182 Å². The Hall–Kier alpha value is -2.73. The third kappa shape index (κ3) is 4.54. The van der Waals surface area contributed by atoms with Crippen molar-refractivity contribution in [3.8, 4) is 11.5 Å². The summed E-state index contributed by atoms with van der Waals surface area (Å²) in [6, 6.07) is 12.4. The number of nitrogens with zero attached hydrogens (tertiary/aromatic N) is 1. The maximum absolute atomic E-state index is 13.1. The molecule has 2 aromatic carbocycles. The zero-order valence-electron chi connectivity index (χ0n) is 17.5. The summed E-state index contributed by atoms with van der Waals surface area (Å²) in [4.78, 5) is 27.8. The van der Waals surface area contributed by atoms with Gasteiger partial charge >= 0.3 is 0 Å². The van der Waals surface area contributed by atoms with E-state index in [1.807, 2.05) is 25.1 Å². The minimum Gasteiger partial charge on any atom is -0.493 e. The highest BCUT2D eigenvalue weighted by Gasteiger charge is 2.42. The average molecular weight is 431 g/mol. The van der Waals surface area contributed by atoms with Crippen molar-refractivity contribution in [2.45, 2.75) is 19.3 Å². The van der Waals surface area contributed by atoms with E-state index in [1.165, 1.54) is 0 Å². The summed E-state index contributed by atoms with van der Waals surface area (Å²) in [5.41, 5.74) is 1.41. The average Bonchev–Trinajstić information content (AvgIpc) is 3.22. The molecule has 1 aliphatic rings. The second kappa shape index (κ2) is 9.85. The molecule has 0 unspecified atom stereocenters. The normalized spacial score (nSPS) is 18.2. The largest absolute Gasteiger partial charge is 0.493 e. The van der Waals surface area contributed by atoms with Gasteiger partial charge in [0.15, 0.2) is 11.5 Å². The van der Waals surface area contributed by atoms with Crippen LogP contribution in [0, 0.1) is 5.92 Å². The highest BCUT2D eigenvalue weighted by Crippen LogP contribution is 2.42. The fourth-order valence-electron chi connectivity index (χ4n) is 3.91. The monoisotopic (exact) mass is 430 g/mol. The molecule has 0 saturated carbocycles. The fourth-order valence-corrected chi connectivity index (χ4v) is 4.03. The molecule has 1 N–H and O–H groups in total. The number of amides is 2. The minimum absolute atomic E-state index is 0.0573. The predicted molar refractivity (Wildman–Crippen MR) is 116 cm³/mol. The number of likely N-dealkylation sites (tertiary alicyclic amines) is 1. The summed E-state index contributed by atoms with van der Waals surface area (Å²) >= 11 is 5.95. The first kappa shape index (κ1) is 22.0. The Morgan fingerprint density at radius 1 is 1.10 bits per heavy atom. The van der Waals surface area contributed by atoms with Crippen molar-refractivity contribution in [3.05, 3.63) is 58.6 Å². The number of nitrogens with one attached hydrogen (secondary N) is 1. The molecule has 3 rings (SSSR count). The molecule has 7 heteroatoms. The topological polar surface area (TPSA) is 67.9 Å². The van der Waals surface area contributed by atoms with Gasteiger partial charge in [-0.3, -0.25) is 9.59 Å². The van der Waals surface area contributed by atoms with E-state index in [4.69, 9.17) is 21.1 Å². The van der Waals surface area contributed by atoms with Gasteiger partial charge in [-0.05, 0) is 36.8 Å². The molecule has 0 aliphatic carbocycles. The van der Waals surface area contributed by atoms with E-state index in [1.54, 1.807) is 43.4 Å². The fraction of sp³-hybridized carbons (Fsp3) is 0.391. The van der Waals surface area contributed by atoms with E-state index in [9.17, 15) is 9.59 Å². The van der Waals surface area contributed by atoms with Gasteiger partial charge in [-0.15, -0.1) is 0 Å². The molecule has 0 radical (unpaired) electrons. The van der Waals surface area contributed by atoms with Crippen LogP contribution in [0.3, 0.4) is 0 Å². The summed E-state index contributed by atoms with van der Waals surface area (Å²) in [6.45, 7) is 3.35. The Morgan fingerprint density at radius 2 is 1.83 bits per heavy atom. The van der Waals surface area contributed by atoms with E-state index >= 15 is 0 Å². The molecular weight excluding hydrogens is 404 g/mol. The zero-order valence-corrected chi connectivity index (χ0v) is 18.2. The highest BCUT2D eigenvalue weighted by molar-refractivity contribution is 6.30. The number of benzene rings is 2. The van der Waals surface area contributed by atoms with Crippen molar-refractivity contribution in [2.75, 3.05) is 33.9 Å². The van der Waals surface area contributed by atoms with E-state index in [0.717, 1.165) is 12.0 Å². The van der Waals surface area contributed by atoms with Crippen LogP contribution in [-0.4, -0.2) is 50.6 Å². The lowest BCUT2D eigenvalue weighted by Gasteiger charge is -2.21. The van der Waals surface area contributed by atoms with Crippen molar-refractivity contribution >= 4 is 23.4 Å². The second-order valence-electron chi connectivity index (χ2n) is 7.30. The quantitative estimate of drug-likeness (QED) is 0.726. The smallest absolute Gasteiger partial charge is 0.253 e. The molecule has 1 heterocycles. The number of hydrogen-bond acceptors (Lipinski definition) is 4. The van der Waals surface area contributed by atoms with E-state index < -0.39 is 0 Å². The number of carbonyl (C=O) groups excluding carboxylic acids is 2. The second-order valence-corrected chi connectivity index (χ2v) is 7.74. The van der Waals surface area contributed by atoms with Gasteiger partial charge in [0.25, 0.3) is 5.91 Å². The number of ether oxygens (including phenoxy) is 2. The van der Waals surface area contributed by atoms with E-state index in [0.29, 0.717) is 41.7 Å². The number of methoxy groups -OCH3 is 2. The van der Waals surface area contributed by atoms with Crippen LogP contribution in [0.2, 0.25) is 5.02 Å². The van der Waals surface area contributed by atoms with Crippen LogP contribution >= 0.6 is 11.6 Å². The minimum atomic E-state index is -0.381. The van der Waals surface area contributed by atoms with Gasteiger partial charge in [-0.25, -0.2) is 0 Å². The maximum Gasteiger partial charge on any atom is 0.253 e. The lowest BCUT2D eigenvalue weighted by atomic mass is 9.87. The molecule has 0 aromatic heterocycles. The Kier molecular flexibility index (Phi) is 7.21. The van der Waals surface area contributed by atoms with Crippen molar-refractivity contribution in [3.63, 3.8) is 0 Å². The molecule has 1 saturated heterocycles. The molecule has 1 fully saturated rings. The molecule has 2 amide bonds. The van der Waals surface area contributed by atoms with Gasteiger partial charge in [0.1, 0.15) is 0 Å². The van der Waals surface area contributed by atoms with Crippen LogP contribution in [-0.2, 0) is 4.79 Å². The number of halogens is 1. The summed E-state index contributed by atoms with van der Waals surface area (Å²) in [5.74, 6) is 0.434. The van der Waals surface area contributed by atoms with E-state index in [-0.39, 0.29) is 23.7 Å². The number of hydrogen-bond donors (Lipinski definition) is 1. The first-order chi connectivity index (χ1) is 14.5. The lowest BCUT2D eigenvalue weighted by molar-refractivity contribution is -0.124. The summed E-state index contributed by atoms with van der Waals surface area (Å²) < 4.78 is 11.0. The molecule has 1 aliphatic heterocycles. The van der Waals surface area contributed by atoms with Crippen LogP contribution in [0.1, 0.15) is 35.2 Å². The number of rotatable bonds is 7. The van der Waals surface area contributed by atoms with Gasteiger partial charge < -0.3 is 19.7 Å². The van der Waals surface area contributed by atoms with Crippen molar-refractivity contribution in [1.82, 2.24) is 10.2 Å². The molecule has 2 aromatic rings. The van der Waals surface area contributed by atoms with Gasteiger partial charge in [0, 0.05) is 41.7 Å².